The van der Waals surface area contributed by atoms with E-state index in [0.29, 0.717) is 12.8 Å². The van der Waals surface area contributed by atoms with Crippen LogP contribution in [-0.2, 0) is 11.2 Å². The molecule has 0 unspecified atom stereocenters. The van der Waals surface area contributed by atoms with Crippen molar-refractivity contribution in [3.63, 3.8) is 0 Å². The Morgan fingerprint density at radius 1 is 1.21 bits per heavy atom. The van der Waals surface area contributed by atoms with Gasteiger partial charge >= 0.3 is 0 Å². The minimum absolute atomic E-state index is 0.219. The highest BCUT2D eigenvalue weighted by Crippen LogP contribution is 2.08. The van der Waals surface area contributed by atoms with E-state index in [4.69, 9.17) is 0 Å². The fourth-order valence-electron chi connectivity index (χ4n) is 1.61. The molecule has 0 heterocycles. The lowest BCUT2D eigenvalue weighted by molar-refractivity contribution is -0.117. The van der Waals surface area contributed by atoms with Crippen molar-refractivity contribution < 1.29 is 4.79 Å². The smallest absolute Gasteiger partial charge is 0.168 e. The van der Waals surface area contributed by atoms with Gasteiger partial charge in [0.05, 0.1) is 0 Å². The van der Waals surface area contributed by atoms with Gasteiger partial charge in [-0.25, -0.2) is 0 Å². The van der Waals surface area contributed by atoms with Gasteiger partial charge in [-0.1, -0.05) is 50.0 Å². The first-order valence-electron chi connectivity index (χ1n) is 6.62. The molecule has 0 saturated heterocycles. The molecule has 1 aromatic rings. The molecule has 0 aromatic heterocycles. The van der Waals surface area contributed by atoms with Crippen molar-refractivity contribution >= 4 is 19.7 Å². The van der Waals surface area contributed by atoms with Crippen LogP contribution >= 0.6 is 0 Å². The summed E-state index contributed by atoms with van der Waals surface area (Å²) in [5.74, 6) is 0.219. The second-order valence-corrected chi connectivity index (χ2v) is 10.9. The third-order valence-electron chi connectivity index (χ3n) is 2.99. The molecule has 0 amide bonds. The summed E-state index contributed by atoms with van der Waals surface area (Å²) in [5, 5.41) is 4.52. The van der Waals surface area contributed by atoms with E-state index in [1.54, 1.807) is 0 Å². The van der Waals surface area contributed by atoms with Crippen LogP contribution in [0.25, 0.3) is 0 Å². The minimum atomic E-state index is -1.41. The Morgan fingerprint density at radius 3 is 2.32 bits per heavy atom. The second kappa shape index (κ2) is 6.66. The maximum Gasteiger partial charge on any atom is 0.168 e. The van der Waals surface area contributed by atoms with Crippen molar-refractivity contribution in [1.29, 1.82) is 0 Å². The van der Waals surface area contributed by atoms with E-state index in [0.717, 1.165) is 11.3 Å². The summed E-state index contributed by atoms with van der Waals surface area (Å²) >= 11 is 0. The summed E-state index contributed by atoms with van der Waals surface area (Å²) in [6.45, 7) is 8.63. The third kappa shape index (κ3) is 5.83. The number of carbonyl (C=O) groups excluding carboxylic acids is 1. The van der Waals surface area contributed by atoms with Crippen molar-refractivity contribution in [3.8, 4) is 0 Å². The van der Waals surface area contributed by atoms with Gasteiger partial charge in [-0.15, -0.1) is 0 Å². The SMILES string of the molecule is C/C(CC(=O)Cc1ccccc1)=N\N(C)[Si](C)(C)C. The summed E-state index contributed by atoms with van der Waals surface area (Å²) in [6, 6.07) is 9.85. The van der Waals surface area contributed by atoms with Crippen LogP contribution in [0.3, 0.4) is 0 Å². The molecule has 3 nitrogen and oxygen atoms in total. The van der Waals surface area contributed by atoms with E-state index in [-0.39, 0.29) is 5.78 Å². The first kappa shape index (κ1) is 15.6. The summed E-state index contributed by atoms with van der Waals surface area (Å²) in [4.78, 5) is 12.0. The van der Waals surface area contributed by atoms with Crippen LogP contribution in [0, 0.1) is 0 Å². The standard InChI is InChI=1S/C15H24N2OSi/c1-13(16-17(2)19(3,4)5)11-15(18)12-14-9-7-6-8-10-14/h6-10H,11-12H2,1-5H3/b16-13+. The van der Waals surface area contributed by atoms with Crippen LogP contribution in [0.4, 0.5) is 0 Å². The van der Waals surface area contributed by atoms with Crippen LogP contribution in [0.5, 0.6) is 0 Å². The van der Waals surface area contributed by atoms with Gasteiger partial charge in [0.25, 0.3) is 0 Å². The molecule has 0 fully saturated rings. The summed E-state index contributed by atoms with van der Waals surface area (Å²) < 4.78 is 2.04. The molecule has 0 atom stereocenters. The van der Waals surface area contributed by atoms with Crippen LogP contribution in [0.1, 0.15) is 18.9 Å². The van der Waals surface area contributed by atoms with Gasteiger partial charge in [-0.3, -0.25) is 4.79 Å². The van der Waals surface area contributed by atoms with E-state index in [1.165, 1.54) is 0 Å². The van der Waals surface area contributed by atoms with Gasteiger partial charge in [-0.05, 0) is 12.5 Å². The number of rotatable bonds is 6. The molecule has 0 bridgehead atoms. The predicted octanol–water partition coefficient (Wildman–Crippen LogP) is 3.33. The Hall–Kier alpha value is -1.42. The molecule has 19 heavy (non-hydrogen) atoms. The Morgan fingerprint density at radius 2 is 1.79 bits per heavy atom. The van der Waals surface area contributed by atoms with Crippen LogP contribution < -0.4 is 0 Å². The van der Waals surface area contributed by atoms with Crippen LogP contribution in [-0.4, -0.2) is 31.5 Å². The maximum atomic E-state index is 12.0. The van der Waals surface area contributed by atoms with Gasteiger partial charge in [0.2, 0.25) is 0 Å². The van der Waals surface area contributed by atoms with Crippen LogP contribution in [0.2, 0.25) is 19.6 Å². The van der Waals surface area contributed by atoms with Crippen molar-refractivity contribution in [2.24, 2.45) is 5.10 Å². The first-order chi connectivity index (χ1) is 8.79. The van der Waals surface area contributed by atoms with E-state index in [2.05, 4.69) is 24.7 Å². The Balaban J connectivity index is 2.55. The molecule has 104 valence electrons. The Labute approximate surface area is 117 Å². The average Bonchev–Trinajstić information content (AvgIpc) is 2.28. The van der Waals surface area contributed by atoms with Gasteiger partial charge in [0.1, 0.15) is 5.78 Å². The number of carbonyl (C=O) groups is 1. The molecule has 1 rings (SSSR count). The zero-order chi connectivity index (χ0) is 14.5. The van der Waals surface area contributed by atoms with Gasteiger partial charge in [-0.2, -0.15) is 5.10 Å². The number of Topliss-reactive ketones (excluding diaryl/α,β-unsaturated/α-hetero) is 1. The first-order valence-corrected chi connectivity index (χ1v) is 10.1. The van der Waals surface area contributed by atoms with Gasteiger partial charge in [0, 0.05) is 25.6 Å². The molecular formula is C15H24N2OSi. The normalized spacial score (nSPS) is 12.4. The highest BCUT2D eigenvalue weighted by atomic mass is 28.3. The van der Waals surface area contributed by atoms with Crippen LogP contribution in [0.15, 0.2) is 35.4 Å². The fourth-order valence-corrected chi connectivity index (χ4v) is 2.08. The molecule has 1 aromatic carbocycles. The van der Waals surface area contributed by atoms with E-state index >= 15 is 0 Å². The highest BCUT2D eigenvalue weighted by molar-refractivity contribution is 6.73. The molecule has 0 spiro atoms. The Kier molecular flexibility index (Phi) is 5.48. The van der Waals surface area contributed by atoms with E-state index < -0.39 is 8.24 Å². The van der Waals surface area contributed by atoms with Crippen molar-refractivity contribution in [2.45, 2.75) is 39.4 Å². The monoisotopic (exact) mass is 276 g/mol. The lowest BCUT2D eigenvalue weighted by Gasteiger charge is -2.27. The predicted molar refractivity (Wildman–Crippen MR) is 84.0 cm³/mol. The molecule has 4 heteroatoms. The molecule has 0 aliphatic heterocycles. The lowest BCUT2D eigenvalue weighted by Crippen LogP contribution is -2.39. The van der Waals surface area contributed by atoms with Crippen molar-refractivity contribution in [2.75, 3.05) is 7.05 Å². The second-order valence-electron chi connectivity index (χ2n) is 5.91. The zero-order valence-corrected chi connectivity index (χ0v) is 13.6. The number of hydrogen-bond donors (Lipinski definition) is 0. The van der Waals surface area contributed by atoms with Gasteiger partial charge in [0.15, 0.2) is 8.24 Å². The number of benzene rings is 1. The maximum absolute atomic E-state index is 12.0. The Bertz CT molecular complexity index is 449. The number of nitrogens with zero attached hydrogens (tertiary/aromatic N) is 2. The average molecular weight is 276 g/mol. The molecule has 0 saturated carbocycles. The molecule has 0 aliphatic carbocycles. The van der Waals surface area contributed by atoms with Gasteiger partial charge < -0.3 is 4.67 Å². The molecule has 0 N–H and O–H groups in total. The largest absolute Gasteiger partial charge is 0.328 e. The van der Waals surface area contributed by atoms with E-state index in [9.17, 15) is 4.79 Å². The third-order valence-corrected chi connectivity index (χ3v) is 5.03. The summed E-state index contributed by atoms with van der Waals surface area (Å²) in [7, 11) is 0.583. The van der Waals surface area contributed by atoms with E-state index in [1.807, 2.05) is 49.0 Å². The summed E-state index contributed by atoms with van der Waals surface area (Å²) in [5.41, 5.74) is 1.96. The van der Waals surface area contributed by atoms with Crippen molar-refractivity contribution in [3.05, 3.63) is 35.9 Å². The molecular weight excluding hydrogens is 252 g/mol. The fraction of sp³-hybridized carbons (Fsp3) is 0.467. The topological polar surface area (TPSA) is 32.7 Å². The molecule has 0 aliphatic rings. The minimum Gasteiger partial charge on any atom is -0.328 e. The lowest BCUT2D eigenvalue weighted by atomic mass is 10.1. The zero-order valence-electron chi connectivity index (χ0n) is 12.6. The number of ketones is 1. The summed E-state index contributed by atoms with van der Waals surface area (Å²) in [6.07, 6.45) is 0.925. The van der Waals surface area contributed by atoms with Crippen molar-refractivity contribution in [1.82, 2.24) is 4.67 Å². The quantitative estimate of drug-likeness (QED) is 0.453. The number of hydrogen-bond acceptors (Lipinski definition) is 3. The number of hydrazone groups is 1. The molecule has 0 radical (unpaired) electrons. The highest BCUT2D eigenvalue weighted by Gasteiger charge is 2.19.